The van der Waals surface area contributed by atoms with Crippen molar-refractivity contribution in [1.82, 2.24) is 0 Å². The predicted octanol–water partition coefficient (Wildman–Crippen LogP) is 3.97. The van der Waals surface area contributed by atoms with Crippen molar-refractivity contribution < 1.29 is 38.1 Å². The van der Waals surface area contributed by atoms with Gasteiger partial charge in [0.2, 0.25) is 0 Å². The Labute approximate surface area is 180 Å². The largest absolute Gasteiger partial charge is 0.490 e. The van der Waals surface area contributed by atoms with Crippen molar-refractivity contribution in [3.05, 3.63) is 81.8 Å². The number of carbonyl (C=O) groups excluding carboxylic acids is 2. The zero-order valence-corrected chi connectivity index (χ0v) is 16.9. The van der Waals surface area contributed by atoms with Gasteiger partial charge in [-0.1, -0.05) is 18.2 Å². The molecule has 9 heteroatoms. The fourth-order valence-corrected chi connectivity index (χ4v) is 3.26. The van der Waals surface area contributed by atoms with E-state index in [0.29, 0.717) is 17.1 Å². The summed E-state index contributed by atoms with van der Waals surface area (Å²) in [4.78, 5) is 34.3. The zero-order chi connectivity index (χ0) is 22.2. The first-order valence-electron chi connectivity index (χ1n) is 9.06. The number of thiophene rings is 1. The summed E-state index contributed by atoms with van der Waals surface area (Å²) in [6.45, 7) is 0.292. The number of ether oxygens (including phenoxy) is 3. The second-order valence-corrected chi connectivity index (χ2v) is 7.08. The number of carbonyl (C=O) groups is 3. The van der Waals surface area contributed by atoms with Gasteiger partial charge in [0, 0.05) is 17.0 Å². The molecule has 0 radical (unpaired) electrons. The van der Waals surface area contributed by atoms with Crippen LogP contribution in [0.25, 0.3) is 0 Å². The monoisotopic (exact) mass is 444 g/mol. The average molecular weight is 444 g/mol. The van der Waals surface area contributed by atoms with Gasteiger partial charge in [-0.2, -0.15) is 0 Å². The molecule has 3 rings (SSSR count). The molecule has 0 aliphatic carbocycles. The minimum atomic E-state index is -1.52. The summed E-state index contributed by atoms with van der Waals surface area (Å²) < 4.78 is 29.4. The Hall–Kier alpha value is -3.72. The quantitative estimate of drug-likeness (QED) is 0.219. The highest BCUT2D eigenvalue weighted by Gasteiger charge is 2.17. The van der Waals surface area contributed by atoms with Crippen LogP contribution in [-0.4, -0.2) is 36.0 Å². The number of aliphatic carboxylic acids is 1. The molecule has 0 unspecified atom stereocenters. The molecule has 1 aromatic heterocycles. The van der Waals surface area contributed by atoms with Gasteiger partial charge < -0.3 is 19.3 Å². The fraction of sp³-hybridized carbons (Fsp3) is 0.136. The summed E-state index contributed by atoms with van der Waals surface area (Å²) in [7, 11) is 0. The van der Waals surface area contributed by atoms with Gasteiger partial charge in [0.1, 0.15) is 37.1 Å². The third kappa shape index (κ3) is 6.13. The molecule has 160 valence electrons. The summed E-state index contributed by atoms with van der Waals surface area (Å²) >= 11 is 0.986. The number of carboxylic acids is 1. The predicted molar refractivity (Wildman–Crippen MR) is 109 cm³/mol. The number of carboxylic acid groups (broad SMARTS) is 1. The van der Waals surface area contributed by atoms with Crippen LogP contribution in [0.15, 0.2) is 60.0 Å². The van der Waals surface area contributed by atoms with Gasteiger partial charge in [-0.05, 0) is 30.3 Å². The fourth-order valence-electron chi connectivity index (χ4n) is 2.51. The Kier molecular flexibility index (Phi) is 7.34. The first kappa shape index (κ1) is 22.0. The zero-order valence-electron chi connectivity index (χ0n) is 16.1. The Balaban J connectivity index is 1.49. The van der Waals surface area contributed by atoms with Crippen molar-refractivity contribution in [3.63, 3.8) is 0 Å². The van der Waals surface area contributed by atoms with Crippen LogP contribution in [0.5, 0.6) is 11.5 Å². The molecule has 0 bridgehead atoms. The van der Waals surface area contributed by atoms with Crippen LogP contribution >= 0.6 is 11.3 Å². The molecule has 2 aromatic carbocycles. The Bertz CT molecular complexity index is 1080. The van der Waals surface area contributed by atoms with Gasteiger partial charge in [-0.15, -0.1) is 11.3 Å². The Morgan fingerprint density at radius 1 is 0.968 bits per heavy atom. The number of hydrogen-bond acceptors (Lipinski definition) is 7. The van der Waals surface area contributed by atoms with E-state index in [1.807, 2.05) is 0 Å². The number of ketones is 1. The minimum absolute atomic E-state index is 0.0293. The van der Waals surface area contributed by atoms with Crippen molar-refractivity contribution in [2.45, 2.75) is 6.61 Å². The molecule has 31 heavy (non-hydrogen) atoms. The summed E-state index contributed by atoms with van der Waals surface area (Å²) in [6, 6.07) is 13.4. The highest BCUT2D eigenvalue weighted by Crippen LogP contribution is 2.23. The molecule has 7 nitrogen and oxygen atoms in total. The molecular weight excluding hydrogens is 427 g/mol. The summed E-state index contributed by atoms with van der Waals surface area (Å²) in [5.41, 5.74) is 0.882. The van der Waals surface area contributed by atoms with E-state index in [-0.39, 0.29) is 30.3 Å². The maximum atomic E-state index is 13.0. The highest BCUT2D eigenvalue weighted by molar-refractivity contribution is 7.13. The third-order valence-corrected chi connectivity index (χ3v) is 4.92. The lowest BCUT2D eigenvalue weighted by atomic mass is 10.2. The molecule has 0 saturated heterocycles. The Morgan fingerprint density at radius 3 is 2.42 bits per heavy atom. The van der Waals surface area contributed by atoms with Gasteiger partial charge in [0.25, 0.3) is 5.78 Å². The van der Waals surface area contributed by atoms with E-state index in [1.165, 1.54) is 30.3 Å². The van der Waals surface area contributed by atoms with Gasteiger partial charge in [0.05, 0.1) is 10.4 Å². The number of benzene rings is 2. The van der Waals surface area contributed by atoms with Crippen molar-refractivity contribution >= 4 is 29.1 Å². The van der Waals surface area contributed by atoms with E-state index in [1.54, 1.807) is 29.6 Å². The van der Waals surface area contributed by atoms with Gasteiger partial charge in [-0.3, -0.25) is 4.79 Å². The van der Waals surface area contributed by atoms with Gasteiger partial charge in [-0.25, -0.2) is 14.0 Å². The van der Waals surface area contributed by atoms with E-state index < -0.39 is 23.5 Å². The molecule has 0 atom stereocenters. The van der Waals surface area contributed by atoms with Crippen molar-refractivity contribution in [3.8, 4) is 11.5 Å². The Morgan fingerprint density at radius 2 is 1.68 bits per heavy atom. The van der Waals surface area contributed by atoms with Gasteiger partial charge >= 0.3 is 11.9 Å². The normalized spacial score (nSPS) is 10.4. The number of para-hydroxylation sites is 1. The van der Waals surface area contributed by atoms with E-state index in [4.69, 9.17) is 19.3 Å². The number of Topliss-reactive ketones (excluding diaryl/α,β-unsaturated/α-hetero) is 1. The molecule has 0 spiro atoms. The molecule has 0 fully saturated rings. The van der Waals surface area contributed by atoms with Crippen LogP contribution in [0.3, 0.4) is 0 Å². The minimum Gasteiger partial charge on any atom is -0.490 e. The number of hydrogen-bond donors (Lipinski definition) is 1. The van der Waals surface area contributed by atoms with E-state index in [9.17, 15) is 18.8 Å². The van der Waals surface area contributed by atoms with Crippen molar-refractivity contribution in [2.24, 2.45) is 0 Å². The summed E-state index contributed by atoms with van der Waals surface area (Å²) in [5.74, 6) is -2.65. The van der Waals surface area contributed by atoms with Crippen LogP contribution in [0, 0.1) is 5.82 Å². The lowest BCUT2D eigenvalue weighted by Gasteiger charge is -2.12. The summed E-state index contributed by atoms with van der Waals surface area (Å²) in [6.07, 6.45) is 0. The maximum absolute atomic E-state index is 13.0. The number of rotatable bonds is 10. The van der Waals surface area contributed by atoms with Crippen molar-refractivity contribution in [1.29, 1.82) is 0 Å². The van der Waals surface area contributed by atoms with E-state index in [2.05, 4.69) is 0 Å². The van der Waals surface area contributed by atoms with Crippen LogP contribution < -0.4 is 9.47 Å². The van der Waals surface area contributed by atoms with Gasteiger partial charge in [0.15, 0.2) is 0 Å². The van der Waals surface area contributed by atoms with Crippen LogP contribution in [0.2, 0.25) is 0 Å². The highest BCUT2D eigenvalue weighted by atomic mass is 32.1. The molecule has 3 aromatic rings. The maximum Gasteiger partial charge on any atom is 0.378 e. The van der Waals surface area contributed by atoms with Crippen LogP contribution in [0.4, 0.5) is 4.39 Å². The molecule has 1 heterocycles. The van der Waals surface area contributed by atoms with Crippen molar-refractivity contribution in [2.75, 3.05) is 13.2 Å². The molecule has 0 aliphatic heterocycles. The first-order chi connectivity index (χ1) is 14.9. The number of halogens is 1. The molecule has 0 amide bonds. The van der Waals surface area contributed by atoms with Crippen LogP contribution in [0.1, 0.15) is 25.6 Å². The van der Waals surface area contributed by atoms with E-state index >= 15 is 0 Å². The number of esters is 1. The lowest BCUT2D eigenvalue weighted by Crippen LogP contribution is -2.11. The molecular formula is C22H17FO7S. The standard InChI is InChI=1S/C22H17FO7S/c23-16-7-5-14(6-8-16)22(27)30-12-15-3-1-2-4-18(15)29-10-9-28-17-11-19(31-13-17)20(24)21(25)26/h1-8,11,13H,9-10,12H2,(H,25,26). The van der Waals surface area contributed by atoms with E-state index in [0.717, 1.165) is 11.3 Å². The average Bonchev–Trinajstić information content (AvgIpc) is 3.24. The second kappa shape index (κ2) is 10.4. The second-order valence-electron chi connectivity index (χ2n) is 6.17. The summed E-state index contributed by atoms with van der Waals surface area (Å²) in [5, 5.41) is 10.3. The molecule has 0 saturated carbocycles. The lowest BCUT2D eigenvalue weighted by molar-refractivity contribution is -0.131. The smallest absolute Gasteiger partial charge is 0.378 e. The molecule has 0 aliphatic rings. The first-order valence-corrected chi connectivity index (χ1v) is 9.94. The topological polar surface area (TPSA) is 99.1 Å². The SMILES string of the molecule is O=C(O)C(=O)c1cc(OCCOc2ccccc2COC(=O)c2ccc(F)cc2)cs1. The van der Waals surface area contributed by atoms with Crippen LogP contribution in [-0.2, 0) is 16.1 Å². The molecule has 1 N–H and O–H groups in total. The third-order valence-electron chi connectivity index (χ3n) is 4.01.